The number of aliphatic imine (C=N–C) groups is 1. The Kier molecular flexibility index (Phi) is 13.3. The van der Waals surface area contributed by atoms with E-state index >= 15 is 0 Å². The van der Waals surface area contributed by atoms with Crippen molar-refractivity contribution in [2.45, 2.75) is 39.3 Å². The molecule has 0 aromatic heterocycles. The fourth-order valence-corrected chi connectivity index (χ4v) is 3.18. The number of nitrogens with one attached hydrogen (secondary N) is 2. The smallest absolute Gasteiger partial charge is 0.191 e. The maximum Gasteiger partial charge on any atom is 0.191 e. The van der Waals surface area contributed by atoms with Crippen LogP contribution in [0.25, 0.3) is 0 Å². The van der Waals surface area contributed by atoms with Crippen LogP contribution in [-0.4, -0.2) is 76.1 Å². The van der Waals surface area contributed by atoms with E-state index in [1.54, 1.807) is 7.11 Å². The van der Waals surface area contributed by atoms with Gasteiger partial charge >= 0.3 is 0 Å². The third kappa shape index (κ3) is 9.80. The molecule has 1 aliphatic rings. The fourth-order valence-electron chi connectivity index (χ4n) is 3.18. The Morgan fingerprint density at radius 1 is 1.17 bits per heavy atom. The van der Waals surface area contributed by atoms with Crippen LogP contribution in [0.5, 0.6) is 5.75 Å². The summed E-state index contributed by atoms with van der Waals surface area (Å²) in [4.78, 5) is 7.26. The summed E-state index contributed by atoms with van der Waals surface area (Å²) in [5, 5.41) is 6.74. The molecule has 1 aromatic carbocycles. The molecule has 0 spiro atoms. The van der Waals surface area contributed by atoms with Crippen LogP contribution in [0.4, 0.5) is 0 Å². The van der Waals surface area contributed by atoms with Crippen molar-refractivity contribution >= 4 is 29.9 Å². The molecule has 1 saturated heterocycles. The molecule has 2 rings (SSSR count). The third-order valence-electron chi connectivity index (χ3n) is 5.02. The summed E-state index contributed by atoms with van der Waals surface area (Å²) in [6.45, 7) is 13.9. The number of hydrogen-bond acceptors (Lipinski definition) is 5. The number of guanidine groups is 1. The van der Waals surface area contributed by atoms with Gasteiger partial charge in [0, 0.05) is 38.3 Å². The molecule has 0 amide bonds. The summed E-state index contributed by atoms with van der Waals surface area (Å²) in [5.41, 5.74) is 1.17. The van der Waals surface area contributed by atoms with Gasteiger partial charge in [-0.1, -0.05) is 12.1 Å². The van der Waals surface area contributed by atoms with E-state index in [1.165, 1.54) is 0 Å². The van der Waals surface area contributed by atoms with Crippen molar-refractivity contribution in [2.24, 2.45) is 4.99 Å². The van der Waals surface area contributed by atoms with E-state index in [2.05, 4.69) is 36.3 Å². The third-order valence-corrected chi connectivity index (χ3v) is 5.02. The van der Waals surface area contributed by atoms with Crippen LogP contribution in [-0.2, 0) is 16.1 Å². The Bertz CT molecular complexity index is 605. The second-order valence-electron chi connectivity index (χ2n) is 7.79. The van der Waals surface area contributed by atoms with E-state index in [0.717, 1.165) is 69.6 Å². The van der Waals surface area contributed by atoms with Crippen molar-refractivity contribution < 1.29 is 14.2 Å². The molecule has 1 aromatic rings. The van der Waals surface area contributed by atoms with E-state index in [-0.39, 0.29) is 29.5 Å². The first-order valence-corrected chi connectivity index (χ1v) is 10.6. The molecule has 0 aliphatic carbocycles. The van der Waals surface area contributed by atoms with Crippen LogP contribution in [0.2, 0.25) is 0 Å². The lowest BCUT2D eigenvalue weighted by Crippen LogP contribution is -2.52. The van der Waals surface area contributed by atoms with Gasteiger partial charge in [-0.05, 0) is 44.9 Å². The summed E-state index contributed by atoms with van der Waals surface area (Å²) in [5.74, 6) is 1.73. The van der Waals surface area contributed by atoms with E-state index in [4.69, 9.17) is 19.2 Å². The van der Waals surface area contributed by atoms with Crippen LogP contribution < -0.4 is 15.4 Å². The highest BCUT2D eigenvalue weighted by Crippen LogP contribution is 2.16. The zero-order chi connectivity index (χ0) is 21.0. The molecular weight excluding hydrogens is 495 g/mol. The minimum atomic E-state index is 0. The van der Waals surface area contributed by atoms with Crippen molar-refractivity contribution in [2.75, 3.05) is 59.7 Å². The lowest BCUT2D eigenvalue weighted by atomic mass is 10.0. The summed E-state index contributed by atoms with van der Waals surface area (Å²) in [6.07, 6.45) is 0.924. The van der Waals surface area contributed by atoms with E-state index in [9.17, 15) is 0 Å². The Hall–Kier alpha value is -1.10. The monoisotopic (exact) mass is 534 g/mol. The van der Waals surface area contributed by atoms with Gasteiger partial charge in [-0.2, -0.15) is 0 Å². The average molecular weight is 534 g/mol. The van der Waals surface area contributed by atoms with Gasteiger partial charge in [0.1, 0.15) is 5.75 Å². The lowest BCUT2D eigenvalue weighted by molar-refractivity contribution is -0.00683. The first kappa shape index (κ1) is 26.9. The highest BCUT2D eigenvalue weighted by Gasteiger charge is 2.28. The molecule has 0 radical (unpaired) electrons. The van der Waals surface area contributed by atoms with Crippen molar-refractivity contribution in [3.63, 3.8) is 0 Å². The molecule has 0 unspecified atom stereocenters. The Balaban J connectivity index is 0.00000450. The molecule has 2 N–H and O–H groups in total. The van der Waals surface area contributed by atoms with Crippen molar-refractivity contribution in [3.05, 3.63) is 29.8 Å². The molecule has 30 heavy (non-hydrogen) atoms. The second-order valence-corrected chi connectivity index (χ2v) is 7.79. The molecule has 8 heteroatoms. The molecule has 0 bridgehead atoms. The molecule has 0 atom stereocenters. The van der Waals surface area contributed by atoms with Gasteiger partial charge < -0.3 is 24.8 Å². The van der Waals surface area contributed by atoms with Gasteiger partial charge in [0.05, 0.1) is 33.5 Å². The largest absolute Gasteiger partial charge is 0.497 e. The lowest BCUT2D eigenvalue weighted by Gasteiger charge is -2.39. The Labute approximate surface area is 199 Å². The molecule has 7 nitrogen and oxygen atoms in total. The van der Waals surface area contributed by atoms with E-state index < -0.39 is 0 Å². The maximum atomic E-state index is 5.77. The summed E-state index contributed by atoms with van der Waals surface area (Å²) in [6, 6.07) is 7.97. The highest BCUT2D eigenvalue weighted by atomic mass is 127. The van der Waals surface area contributed by atoms with Gasteiger partial charge in [0.25, 0.3) is 0 Å². The summed E-state index contributed by atoms with van der Waals surface area (Å²) >= 11 is 0. The van der Waals surface area contributed by atoms with Crippen LogP contribution in [0.3, 0.4) is 0 Å². The minimum Gasteiger partial charge on any atom is -0.497 e. The normalized spacial score (nSPS) is 15.4. The van der Waals surface area contributed by atoms with Gasteiger partial charge in [-0.15, -0.1) is 24.0 Å². The van der Waals surface area contributed by atoms with Crippen LogP contribution in [0.1, 0.15) is 32.8 Å². The zero-order valence-electron chi connectivity index (χ0n) is 18.9. The van der Waals surface area contributed by atoms with Crippen molar-refractivity contribution in [1.82, 2.24) is 15.5 Å². The van der Waals surface area contributed by atoms with Gasteiger partial charge in [0.15, 0.2) is 5.96 Å². The number of rotatable bonds is 11. The number of ether oxygens (including phenoxy) is 3. The maximum absolute atomic E-state index is 5.77. The molecule has 1 heterocycles. The number of methoxy groups -OCH3 is 1. The Morgan fingerprint density at radius 2 is 1.87 bits per heavy atom. The first-order chi connectivity index (χ1) is 14.0. The van der Waals surface area contributed by atoms with Gasteiger partial charge in [-0.3, -0.25) is 9.89 Å². The molecule has 1 fully saturated rings. The number of morpholine rings is 1. The van der Waals surface area contributed by atoms with Crippen molar-refractivity contribution in [1.29, 1.82) is 0 Å². The summed E-state index contributed by atoms with van der Waals surface area (Å²) in [7, 11) is 1.67. The fraction of sp³-hybridized carbons (Fsp3) is 0.682. The topological polar surface area (TPSA) is 67.4 Å². The quantitative estimate of drug-likeness (QED) is 0.197. The predicted octanol–water partition coefficient (Wildman–Crippen LogP) is 2.89. The SMILES string of the molecule is CCNC(=NCC(C)(C)N1CCOCC1)NCCCOCc1ccc(OC)cc1.I. The second kappa shape index (κ2) is 14.8. The first-order valence-electron chi connectivity index (χ1n) is 10.6. The standard InChI is InChI=1S/C22H38N4O3.HI/c1-5-23-21(25-18-22(2,3)26-12-15-28-16-13-26)24-11-6-14-29-17-19-7-9-20(27-4)10-8-19;/h7-10H,5-6,11-18H2,1-4H3,(H2,23,24,25);1H. The molecular formula is C22H39IN4O3. The average Bonchev–Trinajstić information content (AvgIpc) is 2.75. The van der Waals surface area contributed by atoms with E-state index in [0.29, 0.717) is 13.2 Å². The molecule has 1 aliphatic heterocycles. The number of halogens is 1. The molecule has 0 saturated carbocycles. The number of nitrogens with zero attached hydrogens (tertiary/aromatic N) is 2. The predicted molar refractivity (Wildman–Crippen MR) is 133 cm³/mol. The zero-order valence-corrected chi connectivity index (χ0v) is 21.2. The number of hydrogen-bond donors (Lipinski definition) is 2. The van der Waals surface area contributed by atoms with E-state index in [1.807, 2.05) is 24.3 Å². The summed E-state index contributed by atoms with van der Waals surface area (Å²) < 4.78 is 16.4. The van der Waals surface area contributed by atoms with Crippen LogP contribution in [0.15, 0.2) is 29.3 Å². The molecule has 172 valence electrons. The Morgan fingerprint density at radius 3 is 2.50 bits per heavy atom. The van der Waals surface area contributed by atoms with Gasteiger partial charge in [-0.25, -0.2) is 0 Å². The minimum absolute atomic E-state index is 0. The number of benzene rings is 1. The van der Waals surface area contributed by atoms with Crippen molar-refractivity contribution in [3.8, 4) is 5.75 Å². The highest BCUT2D eigenvalue weighted by molar-refractivity contribution is 14.0. The van der Waals surface area contributed by atoms with Crippen LogP contribution in [0, 0.1) is 0 Å². The van der Waals surface area contributed by atoms with Crippen LogP contribution >= 0.6 is 24.0 Å². The van der Waals surface area contributed by atoms with Gasteiger partial charge in [0.2, 0.25) is 0 Å².